The minimum Gasteiger partial charge on any atom is -0.312 e. The second kappa shape index (κ2) is 8.10. The van der Waals surface area contributed by atoms with Crippen LogP contribution in [0.15, 0.2) is 24.3 Å². The van der Waals surface area contributed by atoms with Gasteiger partial charge in [0.15, 0.2) is 0 Å². The van der Waals surface area contributed by atoms with Gasteiger partial charge in [-0.25, -0.2) is 0 Å². The fraction of sp³-hybridized carbons (Fsp3) is 0.625. The second-order valence-corrected chi connectivity index (χ2v) is 6.02. The Hall–Kier alpha value is -1.46. The minimum absolute atomic E-state index is 0.150. The van der Waals surface area contributed by atoms with E-state index >= 15 is 0 Å². The molecule has 0 spiro atoms. The molecule has 1 heterocycles. The average Bonchev–Trinajstić information content (AvgIpc) is 2.49. The topological polar surface area (TPSA) is 58.4 Å². The zero-order valence-corrected chi connectivity index (χ0v) is 12.8. The van der Waals surface area contributed by atoms with Gasteiger partial charge >= 0.3 is 0 Å². The van der Waals surface area contributed by atoms with Gasteiger partial charge in [-0.3, -0.25) is 10.1 Å². The maximum atomic E-state index is 10.6. The fourth-order valence-corrected chi connectivity index (χ4v) is 2.85. The lowest BCUT2D eigenvalue weighted by Gasteiger charge is -2.29. The lowest BCUT2D eigenvalue weighted by atomic mass is 10.1. The van der Waals surface area contributed by atoms with Crippen molar-refractivity contribution in [1.82, 2.24) is 10.2 Å². The molecule has 1 atom stereocenters. The number of non-ortho nitro benzene ring substituents is 1. The number of likely N-dealkylation sites (tertiary alicyclic amines) is 1. The van der Waals surface area contributed by atoms with Crippen LogP contribution in [0, 0.1) is 16.0 Å². The van der Waals surface area contributed by atoms with Gasteiger partial charge in [-0.2, -0.15) is 0 Å². The van der Waals surface area contributed by atoms with Crippen LogP contribution in [0.1, 0.15) is 31.7 Å². The van der Waals surface area contributed by atoms with Gasteiger partial charge < -0.3 is 10.2 Å². The van der Waals surface area contributed by atoms with Crippen molar-refractivity contribution in [2.45, 2.75) is 32.7 Å². The number of nitro benzene ring substituents is 1. The first-order valence-electron chi connectivity index (χ1n) is 7.81. The quantitative estimate of drug-likeness (QED) is 0.620. The molecule has 1 aliphatic rings. The molecule has 1 unspecified atom stereocenters. The van der Waals surface area contributed by atoms with E-state index in [2.05, 4.69) is 17.1 Å². The highest BCUT2D eigenvalue weighted by Crippen LogP contribution is 2.12. The maximum Gasteiger partial charge on any atom is 0.269 e. The standard InChI is InChI=1S/C16H25N3O2/c1-14(13-18-9-3-2-4-10-18)11-17-12-15-5-7-16(8-6-15)19(20)21/h5-8,14,17H,2-4,9-13H2,1H3. The van der Waals surface area contributed by atoms with Gasteiger partial charge in [0, 0.05) is 25.2 Å². The molecule has 1 aliphatic heterocycles. The maximum absolute atomic E-state index is 10.6. The van der Waals surface area contributed by atoms with E-state index in [-0.39, 0.29) is 10.6 Å². The normalized spacial score (nSPS) is 17.6. The van der Waals surface area contributed by atoms with Gasteiger partial charge in [0.2, 0.25) is 0 Å². The van der Waals surface area contributed by atoms with Crippen molar-refractivity contribution >= 4 is 5.69 Å². The third-order valence-corrected chi connectivity index (χ3v) is 3.99. The van der Waals surface area contributed by atoms with E-state index in [1.807, 2.05) is 12.1 Å². The van der Waals surface area contributed by atoms with E-state index in [1.165, 1.54) is 32.4 Å². The van der Waals surface area contributed by atoms with Crippen LogP contribution in [0.5, 0.6) is 0 Å². The lowest BCUT2D eigenvalue weighted by Crippen LogP contribution is -2.36. The van der Waals surface area contributed by atoms with Crippen LogP contribution in [0.2, 0.25) is 0 Å². The molecule has 2 rings (SSSR count). The van der Waals surface area contributed by atoms with E-state index in [9.17, 15) is 10.1 Å². The summed E-state index contributed by atoms with van der Waals surface area (Å²) < 4.78 is 0. The van der Waals surface area contributed by atoms with Crippen LogP contribution >= 0.6 is 0 Å². The van der Waals surface area contributed by atoms with E-state index in [0.29, 0.717) is 5.92 Å². The Labute approximate surface area is 126 Å². The fourth-order valence-electron chi connectivity index (χ4n) is 2.85. The number of nitro groups is 1. The molecule has 0 radical (unpaired) electrons. The van der Waals surface area contributed by atoms with Crippen molar-refractivity contribution in [2.24, 2.45) is 5.92 Å². The van der Waals surface area contributed by atoms with E-state index in [4.69, 9.17) is 0 Å². The zero-order valence-electron chi connectivity index (χ0n) is 12.8. The largest absolute Gasteiger partial charge is 0.312 e. The summed E-state index contributed by atoms with van der Waals surface area (Å²) >= 11 is 0. The SMILES string of the molecule is CC(CNCc1ccc([N+](=O)[O-])cc1)CN1CCCCC1. The van der Waals surface area contributed by atoms with Crippen molar-refractivity contribution in [3.63, 3.8) is 0 Å². The van der Waals surface area contributed by atoms with Gasteiger partial charge in [0.25, 0.3) is 5.69 Å². The summed E-state index contributed by atoms with van der Waals surface area (Å²) in [5, 5.41) is 14.0. The molecule has 5 nitrogen and oxygen atoms in total. The molecule has 0 saturated carbocycles. The zero-order chi connectivity index (χ0) is 15.1. The van der Waals surface area contributed by atoms with Gasteiger partial charge in [0.1, 0.15) is 0 Å². The predicted octanol–water partition coefficient (Wildman–Crippen LogP) is 2.81. The van der Waals surface area contributed by atoms with Crippen LogP contribution in [-0.4, -0.2) is 36.0 Å². The van der Waals surface area contributed by atoms with Crippen LogP contribution in [0.3, 0.4) is 0 Å². The molecule has 1 N–H and O–H groups in total. The van der Waals surface area contributed by atoms with Crippen LogP contribution in [0.4, 0.5) is 5.69 Å². The predicted molar refractivity (Wildman–Crippen MR) is 84.3 cm³/mol. The lowest BCUT2D eigenvalue weighted by molar-refractivity contribution is -0.384. The Morgan fingerprint density at radius 1 is 1.24 bits per heavy atom. The molecule has 0 bridgehead atoms. The molecule has 1 aromatic rings. The van der Waals surface area contributed by atoms with Crippen molar-refractivity contribution in [2.75, 3.05) is 26.2 Å². The highest BCUT2D eigenvalue weighted by atomic mass is 16.6. The highest BCUT2D eigenvalue weighted by Gasteiger charge is 2.13. The molecule has 0 amide bonds. The molecule has 1 aromatic carbocycles. The van der Waals surface area contributed by atoms with Gasteiger partial charge in [0.05, 0.1) is 4.92 Å². The second-order valence-electron chi connectivity index (χ2n) is 6.02. The average molecular weight is 291 g/mol. The molecule has 1 saturated heterocycles. The summed E-state index contributed by atoms with van der Waals surface area (Å²) in [7, 11) is 0. The van der Waals surface area contributed by atoms with Crippen molar-refractivity contribution < 1.29 is 4.92 Å². The smallest absolute Gasteiger partial charge is 0.269 e. The summed E-state index contributed by atoms with van der Waals surface area (Å²) in [5.74, 6) is 0.626. The highest BCUT2D eigenvalue weighted by molar-refractivity contribution is 5.32. The van der Waals surface area contributed by atoms with E-state index in [0.717, 1.165) is 25.2 Å². The molecule has 5 heteroatoms. The Morgan fingerprint density at radius 3 is 2.52 bits per heavy atom. The monoisotopic (exact) mass is 291 g/mol. The van der Waals surface area contributed by atoms with Crippen LogP contribution in [-0.2, 0) is 6.54 Å². The Kier molecular flexibility index (Phi) is 6.14. The molecule has 116 valence electrons. The van der Waals surface area contributed by atoms with Gasteiger partial charge in [-0.05, 0) is 44.0 Å². The minimum atomic E-state index is -0.363. The number of hydrogen-bond donors (Lipinski definition) is 1. The Bertz CT molecular complexity index is 441. The molecule has 1 fully saturated rings. The van der Waals surface area contributed by atoms with Gasteiger partial charge in [-0.1, -0.05) is 25.5 Å². The van der Waals surface area contributed by atoms with Crippen molar-refractivity contribution in [3.05, 3.63) is 39.9 Å². The number of nitrogens with one attached hydrogen (secondary N) is 1. The number of piperidine rings is 1. The number of benzene rings is 1. The van der Waals surface area contributed by atoms with Crippen LogP contribution < -0.4 is 5.32 Å². The van der Waals surface area contributed by atoms with E-state index < -0.39 is 0 Å². The van der Waals surface area contributed by atoms with Crippen molar-refractivity contribution in [1.29, 1.82) is 0 Å². The first-order valence-corrected chi connectivity index (χ1v) is 7.81. The van der Waals surface area contributed by atoms with Crippen LogP contribution in [0.25, 0.3) is 0 Å². The summed E-state index contributed by atoms with van der Waals surface area (Å²) in [5.41, 5.74) is 1.24. The first-order chi connectivity index (χ1) is 10.1. The third-order valence-electron chi connectivity index (χ3n) is 3.99. The van der Waals surface area contributed by atoms with E-state index in [1.54, 1.807) is 12.1 Å². The molecule has 0 aliphatic carbocycles. The Balaban J connectivity index is 1.67. The number of rotatable bonds is 7. The Morgan fingerprint density at radius 2 is 1.90 bits per heavy atom. The summed E-state index contributed by atoms with van der Waals surface area (Å²) in [6.45, 7) is 7.67. The molecule has 21 heavy (non-hydrogen) atoms. The number of nitrogens with zero attached hydrogens (tertiary/aromatic N) is 2. The number of hydrogen-bond acceptors (Lipinski definition) is 4. The molecular formula is C16H25N3O2. The summed E-state index contributed by atoms with van der Waals surface area (Å²) in [4.78, 5) is 12.8. The summed E-state index contributed by atoms with van der Waals surface area (Å²) in [6, 6.07) is 6.77. The first kappa shape index (κ1) is 15.9. The summed E-state index contributed by atoms with van der Waals surface area (Å²) in [6.07, 6.45) is 4.05. The molecule has 0 aromatic heterocycles. The molecular weight excluding hydrogens is 266 g/mol. The van der Waals surface area contributed by atoms with Gasteiger partial charge in [-0.15, -0.1) is 0 Å². The third kappa shape index (κ3) is 5.44. The van der Waals surface area contributed by atoms with Crippen molar-refractivity contribution in [3.8, 4) is 0 Å².